The number of ether oxygens (including phenoxy) is 5. The number of H-pyrrole nitrogens is 1. The van der Waals surface area contributed by atoms with E-state index in [-0.39, 0.29) is 54.0 Å². The molecule has 0 aromatic carbocycles. The molecule has 2 aliphatic heterocycles. The fourth-order valence-corrected chi connectivity index (χ4v) is 11.4. The molecule has 0 spiro atoms. The topological polar surface area (TPSA) is 630 Å². The maximum Gasteiger partial charge on any atom is 0.404 e. The van der Waals surface area contributed by atoms with E-state index in [0.717, 1.165) is 25.5 Å². The molecule has 0 radical (unpaired) electrons. The van der Waals surface area contributed by atoms with Crippen LogP contribution in [0.1, 0.15) is 88.8 Å². The van der Waals surface area contributed by atoms with Crippen LogP contribution in [-0.4, -0.2) is 274 Å². The maximum atomic E-state index is 15.2. The van der Waals surface area contributed by atoms with Gasteiger partial charge in [-0.05, 0) is 47.8 Å². The van der Waals surface area contributed by atoms with Crippen LogP contribution in [0.25, 0.3) is 10.7 Å². The number of nitrogens with one attached hydrogen (secondary N) is 7. The number of thiazole rings is 2. The fraction of sp³-hybridized carbons (Fsp3) is 0.618. The van der Waals surface area contributed by atoms with Gasteiger partial charge in [0, 0.05) is 48.8 Å². The molecule has 39 nitrogen and oxygen atoms in total. The molecule has 2 aliphatic rings. The molecule has 6 rings (SSSR count). The number of rotatable bonds is 35. The lowest BCUT2D eigenvalue weighted by atomic mass is 9.96. The molecule has 532 valence electrons. The summed E-state index contributed by atoms with van der Waals surface area (Å²) in [6, 6.07) is -7.85. The highest BCUT2D eigenvalue weighted by molar-refractivity contribution is 7.14. The quantitative estimate of drug-likeness (QED) is 0.0190. The van der Waals surface area contributed by atoms with E-state index in [2.05, 4.69) is 61.8 Å². The van der Waals surface area contributed by atoms with Crippen LogP contribution in [0.5, 0.6) is 0 Å². The van der Waals surface area contributed by atoms with Gasteiger partial charge in [-0.3, -0.25) is 33.6 Å². The summed E-state index contributed by atoms with van der Waals surface area (Å²) in [5.41, 5.74) is 28.0. The number of nitrogen functional groups attached to an aromatic ring is 1. The second-order valence-electron chi connectivity index (χ2n) is 22.9. The summed E-state index contributed by atoms with van der Waals surface area (Å²) in [5, 5.41) is 108. The van der Waals surface area contributed by atoms with Crippen LogP contribution in [0.4, 0.5) is 10.6 Å². The number of nitrogens with two attached hydrogens (primary N) is 5. The molecule has 0 aliphatic carbocycles. The van der Waals surface area contributed by atoms with Gasteiger partial charge < -0.3 is 135 Å². The highest BCUT2D eigenvalue weighted by Gasteiger charge is 2.54. The molecule has 2 saturated heterocycles. The lowest BCUT2D eigenvalue weighted by Crippen LogP contribution is -2.65. The smallest absolute Gasteiger partial charge is 0.404 e. The summed E-state index contributed by atoms with van der Waals surface area (Å²) in [7, 11) is 3.87. The summed E-state index contributed by atoms with van der Waals surface area (Å²) < 4.78 is 28.7. The van der Waals surface area contributed by atoms with E-state index in [4.69, 9.17) is 52.4 Å². The van der Waals surface area contributed by atoms with Gasteiger partial charge in [0.25, 0.3) is 11.8 Å². The Labute approximate surface area is 555 Å². The van der Waals surface area contributed by atoms with Crippen molar-refractivity contribution in [3.63, 3.8) is 0 Å². The van der Waals surface area contributed by atoms with Crippen molar-refractivity contribution < 1.29 is 103 Å². The second kappa shape index (κ2) is 35.5. The van der Waals surface area contributed by atoms with Crippen molar-refractivity contribution in [2.24, 2.45) is 28.9 Å². The third-order valence-electron chi connectivity index (χ3n) is 15.3. The molecule has 0 bridgehead atoms. The Morgan fingerprint density at radius 3 is 2.09 bits per heavy atom. The molecule has 4 aromatic heterocycles. The third kappa shape index (κ3) is 20.4. The number of aliphatic hydroxyl groups excluding tert-OH is 8. The summed E-state index contributed by atoms with van der Waals surface area (Å²) in [6.45, 7) is 3.91. The number of hydrogen-bond acceptors (Lipinski definition) is 32. The largest absolute Gasteiger partial charge is 0.441 e. The summed E-state index contributed by atoms with van der Waals surface area (Å²) in [6.07, 6.45) is -24.3. The minimum atomic E-state index is -2.20. The molecule has 6 heterocycles. The molecule has 8 amide bonds. The third-order valence-corrected chi connectivity index (χ3v) is 17.1. The van der Waals surface area contributed by atoms with E-state index >= 15 is 4.79 Å². The van der Waals surface area contributed by atoms with E-state index in [1.165, 1.54) is 50.4 Å². The highest BCUT2D eigenvalue weighted by Crippen LogP contribution is 2.35. The zero-order chi connectivity index (χ0) is 71.0. The Balaban J connectivity index is 1.26. The molecule has 41 heteroatoms. The van der Waals surface area contributed by atoms with E-state index in [1.807, 2.05) is 19.0 Å². The molecule has 96 heavy (non-hydrogen) atoms. The SMILES string of the molecule is Cc1c(N)nc([C@H](CC(N)=O)NC[C@H](N)C(N)=O)nc1C(=O)N[C@H](C(=O)N[C@H](C)[C@@H](O)[C@H](C)C(=O)N[C@H](C(=O)NCCc1nc(-c2nc(C(=O)NCCCN(C)C)cs2)cs1)[C@@H](C)O)[C@@H](O[C@@H]1O[C@@H](CO)[C@@H](O)[C@H](O)[C@@H]1O[C@H]1O[C@H](CO)[C@@H](O)[C@H](OC(N)=O)[C@@H]1O)c1cnc[nH]1. The number of amides is 8. The molecular weight excluding hydrogens is 1310 g/mol. The van der Waals surface area contributed by atoms with Crippen molar-refractivity contribution >= 4 is 75.9 Å². The summed E-state index contributed by atoms with van der Waals surface area (Å²) in [4.78, 5) is 133. The Morgan fingerprint density at radius 2 is 1.47 bits per heavy atom. The Hall–Kier alpha value is -7.69. The number of nitrogens with zero attached hydrogens (tertiary/aromatic N) is 6. The highest BCUT2D eigenvalue weighted by atomic mass is 32.1. The first kappa shape index (κ1) is 77.3. The van der Waals surface area contributed by atoms with Gasteiger partial charge in [0.15, 0.2) is 18.7 Å². The van der Waals surface area contributed by atoms with Crippen LogP contribution in [0.2, 0.25) is 0 Å². The molecule has 2 fully saturated rings. The van der Waals surface area contributed by atoms with E-state index < -0.39 is 183 Å². The van der Waals surface area contributed by atoms with Crippen LogP contribution < -0.4 is 60.6 Å². The lowest BCUT2D eigenvalue weighted by Gasteiger charge is -2.47. The summed E-state index contributed by atoms with van der Waals surface area (Å²) >= 11 is 2.51. The fourth-order valence-electron chi connectivity index (χ4n) is 9.83. The number of carbonyl (C=O) groups excluding carboxylic acids is 8. The standard InChI is InChI=1S/C55H84N18O21S2/c1-20-33(69-46(72-44(20)58)25(12-31(57)77)64-13-24(56)45(59)83)50(87)71-35(41(26-14-61-19-65-26)92-54-43(39(81)37(79)29(15-74)91-54)93-53-40(82)42(94-55(60)89)38(80)30(16-75)90-53)51(88)66-22(3)36(78)21(2)47(84)70-34(23(4)76)49(86)63-10-8-32-67-28(18-95-32)52-68-27(17-96-52)48(85)62-9-7-11-73(5)6/h14,17-19,21-25,29-30,34-43,53-54,64,74-76,78-82H,7-13,15-16,56H2,1-6H3,(H2,57,77)(H2,59,83)(H2,60,89)(H,61,65)(H,62,85)(H,63,86)(H,66,88)(H,70,84)(H,71,87)(H2,58,69,72)/t21-,22+,23+,24-,25-,29-,30+,34-,35-,36-,37+,38+,39-,40-,41-,42-,43-,53+,54-/m0/s1. The average molecular weight is 1400 g/mol. The van der Waals surface area contributed by atoms with Crippen LogP contribution in [0, 0.1) is 12.8 Å². The molecule has 0 unspecified atom stereocenters. The number of aromatic amines is 1. The van der Waals surface area contributed by atoms with Crippen molar-refractivity contribution in [2.75, 3.05) is 59.2 Å². The van der Waals surface area contributed by atoms with Crippen molar-refractivity contribution in [1.82, 2.24) is 66.7 Å². The average Bonchev–Trinajstić information content (AvgIpc) is 0.885. The number of imidazole rings is 1. The van der Waals surface area contributed by atoms with Crippen LogP contribution >= 0.6 is 22.7 Å². The normalized spacial score (nSPS) is 24.0. The maximum absolute atomic E-state index is 15.2. The molecule has 19 atom stereocenters. The Kier molecular flexibility index (Phi) is 28.6. The predicted octanol–water partition coefficient (Wildman–Crippen LogP) is -8.02. The van der Waals surface area contributed by atoms with Gasteiger partial charge >= 0.3 is 6.09 Å². The first-order chi connectivity index (χ1) is 45.3. The van der Waals surface area contributed by atoms with Crippen LogP contribution in [0.15, 0.2) is 23.3 Å². The predicted molar refractivity (Wildman–Crippen MR) is 333 cm³/mol. The molecular formula is C55H84N18O21S2. The number of carbonyl (C=O) groups is 8. The minimum Gasteiger partial charge on any atom is -0.441 e. The molecule has 25 N–H and O–H groups in total. The van der Waals surface area contributed by atoms with Crippen molar-refractivity contribution in [3.05, 3.63) is 56.8 Å². The Bertz CT molecular complexity index is 3280. The Morgan fingerprint density at radius 1 is 0.781 bits per heavy atom. The number of aliphatic hydroxyl groups is 8. The second-order valence-corrected chi connectivity index (χ2v) is 24.7. The lowest BCUT2D eigenvalue weighted by molar-refractivity contribution is -0.372. The zero-order valence-corrected chi connectivity index (χ0v) is 54.5. The first-order valence-corrected chi connectivity index (χ1v) is 31.7. The van der Waals surface area contributed by atoms with Gasteiger partial charge in [-0.25, -0.2) is 29.7 Å². The van der Waals surface area contributed by atoms with Crippen LogP contribution in [-0.2, 0) is 54.1 Å². The number of primary amides is 3. The van der Waals surface area contributed by atoms with Crippen molar-refractivity contribution in [3.8, 4) is 10.7 Å². The number of hydrogen-bond donors (Lipinski definition) is 20. The first-order valence-electron chi connectivity index (χ1n) is 29.9. The van der Waals surface area contributed by atoms with Gasteiger partial charge in [0.05, 0.1) is 72.7 Å². The zero-order valence-electron chi connectivity index (χ0n) is 52.9. The van der Waals surface area contributed by atoms with Crippen LogP contribution in [0.3, 0.4) is 0 Å². The van der Waals surface area contributed by atoms with Gasteiger partial charge in [-0.2, -0.15) is 0 Å². The monoisotopic (exact) mass is 1400 g/mol. The van der Waals surface area contributed by atoms with E-state index in [9.17, 15) is 74.4 Å². The van der Waals surface area contributed by atoms with E-state index in [0.29, 0.717) is 22.3 Å². The van der Waals surface area contributed by atoms with Gasteiger partial charge in [0.2, 0.25) is 29.5 Å². The molecule has 4 aromatic rings. The van der Waals surface area contributed by atoms with Gasteiger partial charge in [-0.1, -0.05) is 6.92 Å². The van der Waals surface area contributed by atoms with Crippen molar-refractivity contribution in [1.29, 1.82) is 0 Å². The van der Waals surface area contributed by atoms with Gasteiger partial charge in [-0.15, -0.1) is 22.7 Å². The van der Waals surface area contributed by atoms with Gasteiger partial charge in [0.1, 0.15) is 94.6 Å². The minimum absolute atomic E-state index is 0.00895. The van der Waals surface area contributed by atoms with Crippen molar-refractivity contribution in [2.45, 2.75) is 157 Å². The van der Waals surface area contributed by atoms with E-state index in [1.54, 1.807) is 10.8 Å². The number of aromatic nitrogens is 6. The number of anilines is 1. The molecule has 0 saturated carbocycles. The summed E-state index contributed by atoms with van der Waals surface area (Å²) in [5.74, 6) is -8.71.